The number of halogens is 1. The predicted octanol–water partition coefficient (Wildman–Crippen LogP) is 3.44. The number of esters is 1. The summed E-state index contributed by atoms with van der Waals surface area (Å²) in [5.74, 6) is -0.794. The molecule has 0 bridgehead atoms. The Kier molecular flexibility index (Phi) is 5.58. The Morgan fingerprint density at radius 3 is 2.43 bits per heavy atom. The summed E-state index contributed by atoms with van der Waals surface area (Å²) in [5, 5.41) is 0.771. The lowest BCUT2D eigenvalue weighted by molar-refractivity contribution is -0.140. The van der Waals surface area contributed by atoms with Crippen LogP contribution in [0.4, 0.5) is 5.69 Å². The highest BCUT2D eigenvalue weighted by molar-refractivity contribution is 7.80. The molecule has 1 amide bonds. The fraction of sp³-hybridized carbons (Fsp3) is 0.250. The molecule has 0 unspecified atom stereocenters. The number of hydrogen-bond acceptors (Lipinski definition) is 4. The Bertz CT molecular complexity index is 995. The van der Waals surface area contributed by atoms with Gasteiger partial charge in [-0.2, -0.15) is 0 Å². The molecule has 0 atom stereocenters. The molecular formula is C20H20ClN3O3S. The number of amides is 1. The van der Waals surface area contributed by atoms with Crippen LogP contribution >= 0.6 is 23.8 Å². The summed E-state index contributed by atoms with van der Waals surface area (Å²) in [6.07, 6.45) is 1.76. The first-order valence-corrected chi connectivity index (χ1v) is 9.36. The highest BCUT2D eigenvalue weighted by atomic mass is 35.5. The molecule has 0 radical (unpaired) electrons. The van der Waals surface area contributed by atoms with Gasteiger partial charge < -0.3 is 14.2 Å². The maximum Gasteiger partial charge on any atom is 0.325 e. The van der Waals surface area contributed by atoms with Crippen LogP contribution in [-0.2, 0) is 21.4 Å². The standard InChI is InChI=1S/C20H20ClN3O3S/c1-12-9-14(13(2)22(12)3)10-17-19(26)24(16-7-5-15(21)6-8-16)20(28)23(17)11-18(25)27-4/h5-10H,11H2,1-4H3/b17-10-. The van der Waals surface area contributed by atoms with Crippen molar-refractivity contribution >= 4 is 52.6 Å². The van der Waals surface area contributed by atoms with Crippen LogP contribution in [-0.4, -0.2) is 40.1 Å². The Morgan fingerprint density at radius 2 is 1.89 bits per heavy atom. The van der Waals surface area contributed by atoms with Crippen LogP contribution in [0.1, 0.15) is 17.0 Å². The van der Waals surface area contributed by atoms with Crippen molar-refractivity contribution in [3.05, 3.63) is 58.0 Å². The molecule has 1 aliphatic rings. The van der Waals surface area contributed by atoms with Crippen LogP contribution in [0, 0.1) is 13.8 Å². The maximum absolute atomic E-state index is 13.2. The summed E-state index contributed by atoms with van der Waals surface area (Å²) in [6.45, 7) is 3.81. The van der Waals surface area contributed by atoms with E-state index in [0.717, 1.165) is 17.0 Å². The first-order valence-electron chi connectivity index (χ1n) is 8.57. The zero-order chi connectivity index (χ0) is 20.6. The van der Waals surface area contributed by atoms with Gasteiger partial charge in [0.15, 0.2) is 5.11 Å². The molecule has 0 N–H and O–H groups in total. The first kappa shape index (κ1) is 20.1. The number of methoxy groups -OCH3 is 1. The summed E-state index contributed by atoms with van der Waals surface area (Å²) in [6, 6.07) is 8.78. The number of carbonyl (C=O) groups excluding carboxylic acids is 2. The topological polar surface area (TPSA) is 54.8 Å². The number of thiocarbonyl (C=S) groups is 1. The van der Waals surface area contributed by atoms with E-state index in [2.05, 4.69) is 0 Å². The zero-order valence-corrected chi connectivity index (χ0v) is 17.6. The van der Waals surface area contributed by atoms with Crippen LogP contribution in [0.15, 0.2) is 36.0 Å². The van der Waals surface area contributed by atoms with Crippen LogP contribution in [0.3, 0.4) is 0 Å². The third kappa shape index (κ3) is 3.55. The van der Waals surface area contributed by atoms with E-state index in [4.69, 9.17) is 28.6 Å². The third-order valence-corrected chi connectivity index (χ3v) is 5.50. The van der Waals surface area contributed by atoms with Crippen molar-refractivity contribution in [2.24, 2.45) is 7.05 Å². The molecule has 1 fully saturated rings. The second-order valence-electron chi connectivity index (χ2n) is 6.48. The van der Waals surface area contributed by atoms with Gasteiger partial charge in [-0.3, -0.25) is 14.5 Å². The number of hydrogen-bond donors (Lipinski definition) is 0. The van der Waals surface area contributed by atoms with Crippen LogP contribution in [0.25, 0.3) is 6.08 Å². The van der Waals surface area contributed by atoms with Gasteiger partial charge in [0, 0.05) is 23.5 Å². The molecule has 1 aliphatic heterocycles. The molecule has 6 nitrogen and oxygen atoms in total. The summed E-state index contributed by atoms with van der Waals surface area (Å²) in [5.41, 5.74) is 3.86. The smallest absolute Gasteiger partial charge is 0.325 e. The summed E-state index contributed by atoms with van der Waals surface area (Å²) in [7, 11) is 3.26. The van der Waals surface area contributed by atoms with Gasteiger partial charge in [0.05, 0.1) is 12.8 Å². The van der Waals surface area contributed by atoms with Gasteiger partial charge >= 0.3 is 5.97 Å². The average molecular weight is 418 g/mol. The number of carbonyl (C=O) groups is 2. The highest BCUT2D eigenvalue weighted by Crippen LogP contribution is 2.30. The minimum Gasteiger partial charge on any atom is -0.468 e. The highest BCUT2D eigenvalue weighted by Gasteiger charge is 2.40. The van der Waals surface area contributed by atoms with E-state index >= 15 is 0 Å². The number of nitrogens with zero attached hydrogens (tertiary/aromatic N) is 3. The maximum atomic E-state index is 13.2. The van der Waals surface area contributed by atoms with Gasteiger partial charge in [0.25, 0.3) is 5.91 Å². The number of aromatic nitrogens is 1. The van der Waals surface area contributed by atoms with Crippen molar-refractivity contribution in [3.63, 3.8) is 0 Å². The minimum atomic E-state index is -0.486. The molecule has 0 saturated carbocycles. The van der Waals surface area contributed by atoms with Crippen molar-refractivity contribution in [1.29, 1.82) is 0 Å². The van der Waals surface area contributed by atoms with E-state index in [-0.39, 0.29) is 17.6 Å². The van der Waals surface area contributed by atoms with Gasteiger partial charge in [0.2, 0.25) is 0 Å². The zero-order valence-electron chi connectivity index (χ0n) is 16.0. The lowest BCUT2D eigenvalue weighted by Crippen LogP contribution is -2.35. The van der Waals surface area contributed by atoms with E-state index < -0.39 is 5.97 Å². The van der Waals surface area contributed by atoms with Crippen LogP contribution in [0.2, 0.25) is 5.02 Å². The fourth-order valence-electron chi connectivity index (χ4n) is 3.02. The van der Waals surface area contributed by atoms with Gasteiger partial charge in [-0.25, -0.2) is 0 Å². The lowest BCUT2D eigenvalue weighted by Gasteiger charge is -2.19. The fourth-order valence-corrected chi connectivity index (χ4v) is 3.50. The second kappa shape index (κ2) is 7.77. The molecule has 1 aromatic carbocycles. The Labute approximate surface area is 173 Å². The van der Waals surface area contributed by atoms with Gasteiger partial charge in [-0.1, -0.05) is 11.6 Å². The predicted molar refractivity (Wildman–Crippen MR) is 113 cm³/mol. The SMILES string of the molecule is COC(=O)CN1C(=S)N(c2ccc(Cl)cc2)C(=O)/C1=C/c1cc(C)n(C)c1C. The summed E-state index contributed by atoms with van der Waals surface area (Å²) in [4.78, 5) is 28.0. The molecular weight excluding hydrogens is 398 g/mol. The minimum absolute atomic E-state index is 0.151. The molecule has 146 valence electrons. The number of ether oxygens (including phenoxy) is 1. The quantitative estimate of drug-likeness (QED) is 0.433. The van der Waals surface area contributed by atoms with Crippen molar-refractivity contribution < 1.29 is 14.3 Å². The molecule has 1 saturated heterocycles. The first-order chi connectivity index (χ1) is 13.2. The van der Waals surface area contributed by atoms with Gasteiger partial charge in [-0.05, 0) is 68.0 Å². The molecule has 8 heteroatoms. The molecule has 3 rings (SSSR count). The molecule has 2 aromatic rings. The van der Waals surface area contributed by atoms with Crippen LogP contribution in [0.5, 0.6) is 0 Å². The van der Waals surface area contributed by atoms with Gasteiger partial charge in [0.1, 0.15) is 12.2 Å². The monoisotopic (exact) mass is 417 g/mol. The number of aryl methyl sites for hydroxylation is 1. The lowest BCUT2D eigenvalue weighted by atomic mass is 10.2. The van der Waals surface area contributed by atoms with E-state index in [1.165, 1.54) is 16.9 Å². The van der Waals surface area contributed by atoms with Crippen LogP contribution < -0.4 is 4.90 Å². The summed E-state index contributed by atoms with van der Waals surface area (Å²) >= 11 is 11.5. The van der Waals surface area contributed by atoms with Crippen molar-refractivity contribution in [2.45, 2.75) is 13.8 Å². The van der Waals surface area contributed by atoms with E-state index in [1.807, 2.05) is 31.5 Å². The molecule has 2 heterocycles. The Balaban J connectivity index is 2.09. The Hall–Kier alpha value is -2.64. The van der Waals surface area contributed by atoms with Crippen molar-refractivity contribution in [3.8, 4) is 0 Å². The second-order valence-corrected chi connectivity index (χ2v) is 7.28. The molecule has 28 heavy (non-hydrogen) atoms. The van der Waals surface area contributed by atoms with Crippen molar-refractivity contribution in [1.82, 2.24) is 9.47 Å². The largest absolute Gasteiger partial charge is 0.468 e. The number of anilines is 1. The average Bonchev–Trinajstić information content (AvgIpc) is 3.04. The molecule has 1 aromatic heterocycles. The molecule has 0 aliphatic carbocycles. The van der Waals surface area contributed by atoms with E-state index in [1.54, 1.807) is 30.3 Å². The Morgan fingerprint density at radius 1 is 1.25 bits per heavy atom. The van der Waals surface area contributed by atoms with E-state index in [0.29, 0.717) is 16.4 Å². The normalized spacial score (nSPS) is 15.7. The van der Waals surface area contributed by atoms with E-state index in [9.17, 15) is 9.59 Å². The summed E-state index contributed by atoms with van der Waals surface area (Å²) < 4.78 is 6.81. The molecule has 0 spiro atoms. The third-order valence-electron chi connectivity index (χ3n) is 4.84. The van der Waals surface area contributed by atoms with Gasteiger partial charge in [-0.15, -0.1) is 0 Å². The number of benzene rings is 1. The number of rotatable bonds is 4. The van der Waals surface area contributed by atoms with Crippen molar-refractivity contribution in [2.75, 3.05) is 18.6 Å².